The number of aromatic nitrogens is 2. The number of piperazine rings is 1. The van der Waals surface area contributed by atoms with Crippen molar-refractivity contribution in [1.29, 1.82) is 0 Å². The van der Waals surface area contributed by atoms with Crippen LogP contribution < -0.4 is 0 Å². The fraction of sp³-hybridized carbons (Fsp3) is 0.391. The Morgan fingerprint density at radius 3 is 2.52 bits per heavy atom. The van der Waals surface area contributed by atoms with Gasteiger partial charge in [0, 0.05) is 44.8 Å². The number of imidazole rings is 1. The van der Waals surface area contributed by atoms with E-state index in [9.17, 15) is 9.18 Å². The minimum atomic E-state index is -0.197. The number of carbonyl (C=O) groups excluding carboxylic acids is 1. The molecule has 1 amide bonds. The van der Waals surface area contributed by atoms with Gasteiger partial charge in [-0.05, 0) is 49.1 Å². The maximum atomic E-state index is 13.2. The van der Waals surface area contributed by atoms with E-state index < -0.39 is 0 Å². The van der Waals surface area contributed by atoms with Crippen molar-refractivity contribution in [3.63, 3.8) is 0 Å². The molecule has 6 heteroatoms. The van der Waals surface area contributed by atoms with Gasteiger partial charge in [-0.15, -0.1) is 0 Å². The van der Waals surface area contributed by atoms with Crippen LogP contribution in [0.2, 0.25) is 0 Å². The Morgan fingerprint density at radius 1 is 1.03 bits per heavy atom. The van der Waals surface area contributed by atoms with Crippen molar-refractivity contribution >= 4 is 11.4 Å². The van der Waals surface area contributed by atoms with Crippen molar-refractivity contribution in [2.45, 2.75) is 25.2 Å². The van der Waals surface area contributed by atoms with E-state index in [4.69, 9.17) is 4.98 Å². The summed E-state index contributed by atoms with van der Waals surface area (Å²) in [6.45, 7) is 4.06. The summed E-state index contributed by atoms with van der Waals surface area (Å²) in [5.74, 6) is 1.37. The van der Waals surface area contributed by atoms with E-state index in [1.54, 1.807) is 0 Å². The van der Waals surface area contributed by atoms with Gasteiger partial charge >= 0.3 is 0 Å². The summed E-state index contributed by atoms with van der Waals surface area (Å²) in [5, 5.41) is 0. The van der Waals surface area contributed by atoms with Gasteiger partial charge in [-0.2, -0.15) is 0 Å². The number of nitrogens with zero attached hydrogens (tertiary/aromatic N) is 4. The van der Waals surface area contributed by atoms with Crippen molar-refractivity contribution in [3.8, 4) is 0 Å². The van der Waals surface area contributed by atoms with E-state index in [1.807, 2.05) is 41.4 Å². The molecule has 0 N–H and O–H groups in total. The van der Waals surface area contributed by atoms with Crippen LogP contribution in [0.3, 0.4) is 0 Å². The normalized spacial score (nSPS) is 17.8. The summed E-state index contributed by atoms with van der Waals surface area (Å²) in [7, 11) is 0. The van der Waals surface area contributed by atoms with Gasteiger partial charge in [-0.1, -0.05) is 18.2 Å². The molecule has 0 radical (unpaired) electrons. The van der Waals surface area contributed by atoms with Crippen molar-refractivity contribution < 1.29 is 9.18 Å². The molecule has 2 aromatic heterocycles. The second kappa shape index (κ2) is 7.59. The molecule has 1 saturated carbocycles. The lowest BCUT2D eigenvalue weighted by Gasteiger charge is -2.34. The third kappa shape index (κ3) is 3.77. The number of pyridine rings is 1. The van der Waals surface area contributed by atoms with Crippen LogP contribution >= 0.6 is 0 Å². The Bertz CT molecular complexity index is 1020. The summed E-state index contributed by atoms with van der Waals surface area (Å²) in [5.41, 5.74) is 2.65. The Labute approximate surface area is 169 Å². The highest BCUT2D eigenvalue weighted by atomic mass is 19.1. The molecule has 2 aliphatic rings. The first-order chi connectivity index (χ1) is 14.2. The summed E-state index contributed by atoms with van der Waals surface area (Å²) in [6.07, 6.45) is 5.23. The predicted molar refractivity (Wildman–Crippen MR) is 110 cm³/mol. The van der Waals surface area contributed by atoms with Crippen LogP contribution in [0.5, 0.6) is 0 Å². The lowest BCUT2D eigenvalue weighted by atomic mass is 10.1. The monoisotopic (exact) mass is 392 g/mol. The molecule has 5 rings (SSSR count). The Kier molecular flexibility index (Phi) is 4.79. The van der Waals surface area contributed by atoms with Crippen molar-refractivity contribution in [3.05, 3.63) is 71.6 Å². The number of benzene rings is 1. The maximum Gasteiger partial charge on any atom is 0.274 e. The summed E-state index contributed by atoms with van der Waals surface area (Å²) in [6, 6.07) is 12.7. The van der Waals surface area contributed by atoms with Crippen LogP contribution in [-0.2, 0) is 6.42 Å². The van der Waals surface area contributed by atoms with Gasteiger partial charge in [0.15, 0.2) is 5.69 Å². The Hall–Kier alpha value is -2.73. The minimum Gasteiger partial charge on any atom is -0.335 e. The number of amides is 1. The van der Waals surface area contributed by atoms with Crippen LogP contribution in [0.15, 0.2) is 48.7 Å². The van der Waals surface area contributed by atoms with E-state index in [-0.39, 0.29) is 11.7 Å². The Balaban J connectivity index is 1.22. The molecule has 5 nitrogen and oxygen atoms in total. The molecular formula is C23H25FN4O. The first kappa shape index (κ1) is 18.3. The second-order valence-corrected chi connectivity index (χ2v) is 8.06. The number of halogens is 1. The van der Waals surface area contributed by atoms with Gasteiger partial charge in [0.05, 0.1) is 5.52 Å². The zero-order valence-electron chi connectivity index (χ0n) is 16.4. The van der Waals surface area contributed by atoms with Crippen molar-refractivity contribution in [1.82, 2.24) is 19.2 Å². The van der Waals surface area contributed by atoms with E-state index in [0.29, 0.717) is 24.7 Å². The summed E-state index contributed by atoms with van der Waals surface area (Å²) >= 11 is 0. The van der Waals surface area contributed by atoms with Crippen LogP contribution in [0.25, 0.3) is 5.52 Å². The van der Waals surface area contributed by atoms with E-state index in [2.05, 4.69) is 9.30 Å². The molecule has 1 aliphatic carbocycles. The average Bonchev–Trinajstić information content (AvgIpc) is 3.53. The first-order valence-electron chi connectivity index (χ1n) is 10.4. The van der Waals surface area contributed by atoms with E-state index in [1.165, 1.54) is 12.1 Å². The van der Waals surface area contributed by atoms with Crippen molar-refractivity contribution in [2.75, 3.05) is 32.7 Å². The highest BCUT2D eigenvalue weighted by Gasteiger charge is 2.32. The largest absolute Gasteiger partial charge is 0.335 e. The number of hydrogen-bond donors (Lipinski definition) is 0. The molecule has 0 unspecified atom stereocenters. The molecule has 0 bridgehead atoms. The maximum absolute atomic E-state index is 13.2. The van der Waals surface area contributed by atoms with Crippen LogP contribution in [0.1, 0.15) is 40.6 Å². The average molecular weight is 392 g/mol. The summed E-state index contributed by atoms with van der Waals surface area (Å²) < 4.78 is 15.1. The first-order valence-corrected chi connectivity index (χ1v) is 10.4. The molecule has 1 saturated heterocycles. The number of rotatable bonds is 5. The van der Waals surface area contributed by atoms with Gasteiger partial charge in [0.25, 0.3) is 5.91 Å². The SMILES string of the molecule is O=C(c1nc(C2CC2)n2ccccc12)N1CCN(CCc2ccc(F)cc2)CC1. The molecule has 150 valence electrons. The summed E-state index contributed by atoms with van der Waals surface area (Å²) in [4.78, 5) is 22.2. The van der Waals surface area contributed by atoms with Gasteiger partial charge in [-0.25, -0.2) is 9.37 Å². The molecule has 3 aromatic rings. The second-order valence-electron chi connectivity index (χ2n) is 8.06. The highest BCUT2D eigenvalue weighted by Crippen LogP contribution is 2.40. The zero-order chi connectivity index (χ0) is 19.8. The minimum absolute atomic E-state index is 0.0405. The topological polar surface area (TPSA) is 40.9 Å². The molecule has 29 heavy (non-hydrogen) atoms. The number of carbonyl (C=O) groups is 1. The van der Waals surface area contributed by atoms with E-state index in [0.717, 1.165) is 55.8 Å². The predicted octanol–water partition coefficient (Wildman–Crippen LogP) is 3.35. The fourth-order valence-corrected chi connectivity index (χ4v) is 4.11. The van der Waals surface area contributed by atoms with Gasteiger partial charge < -0.3 is 9.30 Å². The van der Waals surface area contributed by atoms with Crippen LogP contribution in [0.4, 0.5) is 4.39 Å². The molecular weight excluding hydrogens is 367 g/mol. The van der Waals surface area contributed by atoms with Gasteiger partial charge in [-0.3, -0.25) is 9.69 Å². The van der Waals surface area contributed by atoms with Crippen molar-refractivity contribution in [2.24, 2.45) is 0 Å². The quantitative estimate of drug-likeness (QED) is 0.669. The fourth-order valence-electron chi connectivity index (χ4n) is 4.11. The number of hydrogen-bond acceptors (Lipinski definition) is 3. The highest BCUT2D eigenvalue weighted by molar-refractivity contribution is 5.99. The molecule has 2 fully saturated rings. The standard InChI is InChI=1S/C23H25FN4O/c24-19-8-4-17(5-9-19)10-12-26-13-15-27(16-14-26)23(29)21-20-3-1-2-11-28(20)22(25-21)18-6-7-18/h1-5,8-9,11,18H,6-7,10,12-16H2. The molecule has 1 aliphatic heterocycles. The smallest absolute Gasteiger partial charge is 0.274 e. The number of fused-ring (bicyclic) bond motifs is 1. The lowest BCUT2D eigenvalue weighted by molar-refractivity contribution is 0.0635. The van der Waals surface area contributed by atoms with Crippen LogP contribution in [-0.4, -0.2) is 57.8 Å². The van der Waals surface area contributed by atoms with Gasteiger partial charge in [0.1, 0.15) is 11.6 Å². The third-order valence-electron chi connectivity index (χ3n) is 6.01. The Morgan fingerprint density at radius 2 is 1.79 bits per heavy atom. The molecule has 0 spiro atoms. The molecule has 3 heterocycles. The van der Waals surface area contributed by atoms with E-state index >= 15 is 0 Å². The van der Waals surface area contributed by atoms with Crippen LogP contribution in [0, 0.1) is 5.82 Å². The molecule has 1 aromatic carbocycles. The zero-order valence-corrected chi connectivity index (χ0v) is 16.4. The lowest BCUT2D eigenvalue weighted by Crippen LogP contribution is -2.49. The van der Waals surface area contributed by atoms with Gasteiger partial charge in [0.2, 0.25) is 0 Å². The molecule has 0 atom stereocenters. The third-order valence-corrected chi connectivity index (χ3v) is 6.01.